The number of carbonyl (C=O) groups is 1. The van der Waals surface area contributed by atoms with Crippen LogP contribution in [0.25, 0.3) is 0 Å². The highest BCUT2D eigenvalue weighted by Crippen LogP contribution is 2.40. The van der Waals surface area contributed by atoms with E-state index in [9.17, 15) is 4.79 Å². The van der Waals surface area contributed by atoms with Crippen molar-refractivity contribution < 1.29 is 4.79 Å². The van der Waals surface area contributed by atoms with Gasteiger partial charge in [-0.15, -0.1) is 11.8 Å². The summed E-state index contributed by atoms with van der Waals surface area (Å²) in [5, 5.41) is 8.96. The molecule has 0 aliphatic carbocycles. The Balaban J connectivity index is 2.10. The molecule has 0 aromatic heterocycles. The van der Waals surface area contributed by atoms with E-state index in [1.54, 1.807) is 16.7 Å². The maximum atomic E-state index is 12.3. The highest BCUT2D eigenvalue weighted by atomic mass is 32.2. The van der Waals surface area contributed by atoms with Gasteiger partial charge in [-0.05, 0) is 38.4 Å². The van der Waals surface area contributed by atoms with Gasteiger partial charge in [-0.3, -0.25) is 4.79 Å². The van der Waals surface area contributed by atoms with Gasteiger partial charge in [0.15, 0.2) is 0 Å². The molecule has 3 nitrogen and oxygen atoms in total. The van der Waals surface area contributed by atoms with E-state index in [4.69, 9.17) is 5.26 Å². The van der Waals surface area contributed by atoms with Crippen molar-refractivity contribution in [2.24, 2.45) is 0 Å². The van der Waals surface area contributed by atoms with E-state index in [0.717, 1.165) is 38.0 Å². The lowest BCUT2D eigenvalue weighted by atomic mass is 10.0. The van der Waals surface area contributed by atoms with Crippen molar-refractivity contribution in [3.63, 3.8) is 0 Å². The number of nitrogens with zero attached hydrogens (tertiary/aromatic N) is 2. The first-order valence-corrected chi connectivity index (χ1v) is 6.50. The fourth-order valence-electron chi connectivity index (χ4n) is 2.40. The molecule has 4 heteroatoms. The molecule has 0 spiro atoms. The molecular weight excluding hydrogens is 208 g/mol. The Morgan fingerprint density at radius 1 is 1.60 bits per heavy atom. The molecule has 2 atom stereocenters. The number of likely N-dealkylation sites (tertiary alicyclic amines) is 1. The summed E-state index contributed by atoms with van der Waals surface area (Å²) in [6, 6.07) is 2.06. The molecule has 2 aliphatic heterocycles. The van der Waals surface area contributed by atoms with Crippen molar-refractivity contribution in [3.8, 4) is 6.07 Å². The molecule has 2 fully saturated rings. The number of amides is 1. The first-order valence-electron chi connectivity index (χ1n) is 5.52. The number of rotatable bonds is 1. The number of hydrogen-bond acceptors (Lipinski definition) is 3. The lowest BCUT2D eigenvalue weighted by molar-refractivity contribution is -0.133. The lowest BCUT2D eigenvalue weighted by Gasteiger charge is -2.29. The van der Waals surface area contributed by atoms with Crippen LogP contribution in [-0.2, 0) is 4.79 Å². The average molecular weight is 224 g/mol. The second-order valence-electron chi connectivity index (χ2n) is 4.47. The Kier molecular flexibility index (Phi) is 2.92. The number of thioether (sulfide) groups is 1. The summed E-state index contributed by atoms with van der Waals surface area (Å²) >= 11 is 1.75. The minimum atomic E-state index is -0.251. The second kappa shape index (κ2) is 4.05. The molecule has 0 aromatic carbocycles. The highest BCUT2D eigenvalue weighted by molar-refractivity contribution is 8.01. The van der Waals surface area contributed by atoms with Crippen molar-refractivity contribution >= 4 is 17.7 Å². The highest BCUT2D eigenvalue weighted by Gasteiger charge is 2.43. The molecule has 2 unspecified atom stereocenters. The summed E-state index contributed by atoms with van der Waals surface area (Å²) in [4.78, 5) is 14.1. The molecule has 0 radical (unpaired) electrons. The standard InChI is InChI=1S/C11H16N2OS/c1-11(5-3-7-15-11)10(14)13-6-2-4-9(13)8-12/h9H,2-7H2,1H3. The summed E-state index contributed by atoms with van der Waals surface area (Å²) in [7, 11) is 0. The zero-order valence-corrected chi connectivity index (χ0v) is 9.85. The molecule has 2 heterocycles. The van der Waals surface area contributed by atoms with E-state index >= 15 is 0 Å². The number of carbonyl (C=O) groups excluding carboxylic acids is 1. The van der Waals surface area contributed by atoms with Gasteiger partial charge in [0.2, 0.25) is 5.91 Å². The summed E-state index contributed by atoms with van der Waals surface area (Å²) < 4.78 is -0.251. The van der Waals surface area contributed by atoms with Gasteiger partial charge in [-0.25, -0.2) is 0 Å². The van der Waals surface area contributed by atoms with Crippen molar-refractivity contribution in [1.29, 1.82) is 5.26 Å². The maximum absolute atomic E-state index is 12.3. The van der Waals surface area contributed by atoms with Crippen LogP contribution in [0.3, 0.4) is 0 Å². The molecule has 0 aromatic rings. The van der Waals surface area contributed by atoms with Crippen LogP contribution >= 0.6 is 11.8 Å². The molecular formula is C11H16N2OS. The largest absolute Gasteiger partial charge is 0.325 e. The monoisotopic (exact) mass is 224 g/mol. The zero-order chi connectivity index (χ0) is 10.9. The fraction of sp³-hybridized carbons (Fsp3) is 0.818. The summed E-state index contributed by atoms with van der Waals surface area (Å²) in [6.07, 6.45) is 3.91. The summed E-state index contributed by atoms with van der Waals surface area (Å²) in [5.74, 6) is 1.27. The molecule has 0 saturated carbocycles. The van der Waals surface area contributed by atoms with Crippen LogP contribution in [0, 0.1) is 11.3 Å². The van der Waals surface area contributed by atoms with E-state index in [-0.39, 0.29) is 16.7 Å². The van der Waals surface area contributed by atoms with Crippen molar-refractivity contribution in [2.75, 3.05) is 12.3 Å². The molecule has 15 heavy (non-hydrogen) atoms. The van der Waals surface area contributed by atoms with Crippen LogP contribution < -0.4 is 0 Å². The van der Waals surface area contributed by atoms with Crippen molar-refractivity contribution in [2.45, 2.75) is 43.4 Å². The smallest absolute Gasteiger partial charge is 0.239 e. The van der Waals surface area contributed by atoms with E-state index < -0.39 is 0 Å². The number of nitriles is 1. The van der Waals surface area contributed by atoms with Gasteiger partial charge in [-0.1, -0.05) is 0 Å². The first kappa shape index (κ1) is 10.8. The lowest BCUT2D eigenvalue weighted by Crippen LogP contribution is -2.45. The van der Waals surface area contributed by atoms with Crippen LogP contribution in [0.4, 0.5) is 0 Å². The predicted octanol–water partition coefficient (Wildman–Crippen LogP) is 1.79. The third-order valence-electron chi connectivity index (χ3n) is 3.33. The van der Waals surface area contributed by atoms with Crippen LogP contribution in [0.2, 0.25) is 0 Å². The molecule has 2 saturated heterocycles. The zero-order valence-electron chi connectivity index (χ0n) is 9.03. The van der Waals surface area contributed by atoms with E-state index in [1.807, 2.05) is 6.92 Å². The minimum absolute atomic E-state index is 0.171. The Morgan fingerprint density at radius 3 is 3.00 bits per heavy atom. The molecule has 2 rings (SSSR count). The minimum Gasteiger partial charge on any atom is -0.325 e. The van der Waals surface area contributed by atoms with Crippen LogP contribution in [0.1, 0.15) is 32.6 Å². The van der Waals surface area contributed by atoms with E-state index in [0.29, 0.717) is 0 Å². The first-order chi connectivity index (χ1) is 7.17. The Morgan fingerprint density at radius 2 is 2.40 bits per heavy atom. The van der Waals surface area contributed by atoms with Gasteiger partial charge >= 0.3 is 0 Å². The van der Waals surface area contributed by atoms with Gasteiger partial charge in [0.25, 0.3) is 0 Å². The molecule has 0 bridgehead atoms. The van der Waals surface area contributed by atoms with Crippen LogP contribution in [-0.4, -0.2) is 33.9 Å². The van der Waals surface area contributed by atoms with Crippen LogP contribution in [0.15, 0.2) is 0 Å². The maximum Gasteiger partial charge on any atom is 0.239 e. The molecule has 1 amide bonds. The Labute approximate surface area is 94.8 Å². The fourth-order valence-corrected chi connectivity index (χ4v) is 3.66. The Hall–Kier alpha value is -0.690. The van der Waals surface area contributed by atoms with Crippen LogP contribution in [0.5, 0.6) is 0 Å². The van der Waals surface area contributed by atoms with Gasteiger partial charge in [0.05, 0.1) is 10.8 Å². The van der Waals surface area contributed by atoms with Gasteiger partial charge in [0, 0.05) is 6.54 Å². The number of hydrogen-bond donors (Lipinski definition) is 0. The predicted molar refractivity (Wildman–Crippen MR) is 60.4 cm³/mol. The van der Waals surface area contributed by atoms with Gasteiger partial charge < -0.3 is 4.90 Å². The third-order valence-corrected chi connectivity index (χ3v) is 4.84. The second-order valence-corrected chi connectivity index (χ2v) is 6.07. The quantitative estimate of drug-likeness (QED) is 0.682. The van der Waals surface area contributed by atoms with E-state index in [2.05, 4.69) is 6.07 Å². The molecule has 2 aliphatic rings. The van der Waals surface area contributed by atoms with Gasteiger partial charge in [0.1, 0.15) is 6.04 Å². The molecule has 0 N–H and O–H groups in total. The van der Waals surface area contributed by atoms with Gasteiger partial charge in [-0.2, -0.15) is 5.26 Å². The van der Waals surface area contributed by atoms with Crippen molar-refractivity contribution in [3.05, 3.63) is 0 Å². The topological polar surface area (TPSA) is 44.1 Å². The normalized spacial score (nSPS) is 35.5. The summed E-state index contributed by atoms with van der Waals surface area (Å²) in [6.45, 7) is 2.80. The summed E-state index contributed by atoms with van der Waals surface area (Å²) in [5.41, 5.74) is 0. The van der Waals surface area contributed by atoms with Crippen molar-refractivity contribution in [1.82, 2.24) is 4.90 Å². The third kappa shape index (κ3) is 1.85. The average Bonchev–Trinajstić information content (AvgIpc) is 2.85. The van der Waals surface area contributed by atoms with E-state index in [1.165, 1.54) is 0 Å². The SMILES string of the molecule is CC1(C(=O)N2CCCC2C#N)CCCS1. The Bertz CT molecular complexity index is 304. The molecule has 82 valence electrons.